The van der Waals surface area contributed by atoms with Crippen LogP contribution in [0.5, 0.6) is 0 Å². The number of nitrogens with zero attached hydrogens (tertiary/aromatic N) is 1. The van der Waals surface area contributed by atoms with E-state index in [1.165, 1.54) is 18.6 Å². The van der Waals surface area contributed by atoms with E-state index < -0.39 is 0 Å². The van der Waals surface area contributed by atoms with Crippen LogP contribution in [-0.2, 0) is 0 Å². The largest absolute Gasteiger partial charge is 0.374 e. The number of halogens is 1. The van der Waals surface area contributed by atoms with Crippen molar-refractivity contribution in [3.8, 4) is 0 Å². The third-order valence-electron chi connectivity index (χ3n) is 2.58. The maximum Gasteiger partial charge on any atom is 0.150 e. The van der Waals surface area contributed by atoms with Crippen LogP contribution in [0.3, 0.4) is 0 Å². The zero-order valence-electron chi connectivity index (χ0n) is 9.87. The van der Waals surface area contributed by atoms with Gasteiger partial charge in [-0.25, -0.2) is 4.39 Å². The molecule has 0 heterocycles. The number of carbonyl (C=O) groups is 1. The van der Waals surface area contributed by atoms with Crippen LogP contribution in [0.15, 0.2) is 18.2 Å². The Hall–Kier alpha value is -1.38. The van der Waals surface area contributed by atoms with Gasteiger partial charge < -0.3 is 4.90 Å². The van der Waals surface area contributed by atoms with Gasteiger partial charge in [-0.2, -0.15) is 0 Å². The first-order chi connectivity index (χ1) is 7.67. The monoisotopic (exact) mass is 223 g/mol. The molecular formula is C13H18FNO. The first kappa shape index (κ1) is 12.7. The first-order valence-electron chi connectivity index (χ1n) is 5.64. The molecule has 16 heavy (non-hydrogen) atoms. The molecule has 0 saturated carbocycles. The minimum absolute atomic E-state index is 0.359. The van der Waals surface area contributed by atoms with Gasteiger partial charge >= 0.3 is 0 Å². The summed E-state index contributed by atoms with van der Waals surface area (Å²) in [6.07, 6.45) is 4.09. The Morgan fingerprint density at radius 2 is 2.06 bits per heavy atom. The van der Waals surface area contributed by atoms with Gasteiger partial charge in [0.05, 0.1) is 0 Å². The van der Waals surface area contributed by atoms with E-state index in [0.717, 1.165) is 25.1 Å². The summed E-state index contributed by atoms with van der Waals surface area (Å²) in [5, 5.41) is 0. The van der Waals surface area contributed by atoms with Gasteiger partial charge in [0.25, 0.3) is 0 Å². The van der Waals surface area contributed by atoms with Gasteiger partial charge in [0.1, 0.15) is 12.1 Å². The Balaban J connectivity index is 2.70. The fourth-order valence-corrected chi connectivity index (χ4v) is 1.61. The fourth-order valence-electron chi connectivity index (χ4n) is 1.61. The lowest BCUT2D eigenvalue weighted by Crippen LogP contribution is -2.18. The Kier molecular flexibility index (Phi) is 4.96. The fraction of sp³-hybridized carbons (Fsp3) is 0.462. The summed E-state index contributed by atoms with van der Waals surface area (Å²) in [5.41, 5.74) is 1.15. The van der Waals surface area contributed by atoms with E-state index in [9.17, 15) is 9.18 Å². The smallest absolute Gasteiger partial charge is 0.150 e. The topological polar surface area (TPSA) is 20.3 Å². The minimum atomic E-state index is -0.359. The highest BCUT2D eigenvalue weighted by Crippen LogP contribution is 2.17. The Morgan fingerprint density at radius 1 is 1.31 bits per heavy atom. The van der Waals surface area contributed by atoms with Crippen LogP contribution in [-0.4, -0.2) is 19.9 Å². The molecule has 0 radical (unpaired) electrons. The molecule has 0 spiro atoms. The third kappa shape index (κ3) is 3.65. The van der Waals surface area contributed by atoms with Gasteiger partial charge in [-0.3, -0.25) is 4.79 Å². The molecule has 3 heteroatoms. The molecule has 1 rings (SSSR count). The minimum Gasteiger partial charge on any atom is -0.374 e. The second-order valence-electron chi connectivity index (χ2n) is 3.99. The van der Waals surface area contributed by atoms with Gasteiger partial charge in [0, 0.05) is 24.8 Å². The molecule has 0 aromatic heterocycles. The Labute approximate surface area is 96.1 Å². The first-order valence-corrected chi connectivity index (χ1v) is 5.64. The highest BCUT2D eigenvalue weighted by atomic mass is 19.1. The highest BCUT2D eigenvalue weighted by Gasteiger charge is 2.04. The van der Waals surface area contributed by atoms with Crippen molar-refractivity contribution in [1.82, 2.24) is 0 Å². The molecule has 0 aliphatic rings. The van der Waals surface area contributed by atoms with Crippen LogP contribution in [0.1, 0.15) is 36.5 Å². The van der Waals surface area contributed by atoms with E-state index >= 15 is 0 Å². The van der Waals surface area contributed by atoms with Crippen molar-refractivity contribution >= 4 is 12.0 Å². The summed E-state index contributed by atoms with van der Waals surface area (Å²) in [5.74, 6) is -0.359. The van der Waals surface area contributed by atoms with Crippen molar-refractivity contribution in [2.24, 2.45) is 0 Å². The van der Waals surface area contributed by atoms with Crippen molar-refractivity contribution in [3.05, 3.63) is 29.6 Å². The highest BCUT2D eigenvalue weighted by molar-refractivity contribution is 5.77. The van der Waals surface area contributed by atoms with Crippen LogP contribution in [0.25, 0.3) is 0 Å². The second-order valence-corrected chi connectivity index (χ2v) is 3.99. The number of rotatable bonds is 6. The maximum absolute atomic E-state index is 13.2. The van der Waals surface area contributed by atoms with E-state index in [-0.39, 0.29) is 5.82 Å². The molecule has 2 nitrogen and oxygen atoms in total. The number of aldehydes is 1. The average molecular weight is 223 g/mol. The van der Waals surface area contributed by atoms with Crippen molar-refractivity contribution < 1.29 is 9.18 Å². The molecule has 0 atom stereocenters. The van der Waals surface area contributed by atoms with Crippen molar-refractivity contribution in [2.75, 3.05) is 18.5 Å². The Morgan fingerprint density at radius 3 is 2.69 bits per heavy atom. The van der Waals surface area contributed by atoms with E-state index in [1.807, 2.05) is 11.9 Å². The Bertz CT molecular complexity index is 352. The number of carbonyl (C=O) groups excluding carboxylic acids is 1. The molecule has 0 aliphatic heterocycles. The van der Waals surface area contributed by atoms with Gasteiger partial charge in [0.2, 0.25) is 0 Å². The summed E-state index contributed by atoms with van der Waals surface area (Å²) < 4.78 is 13.2. The van der Waals surface area contributed by atoms with Gasteiger partial charge in [-0.1, -0.05) is 19.8 Å². The molecule has 0 aliphatic carbocycles. The van der Waals surface area contributed by atoms with E-state index in [0.29, 0.717) is 11.8 Å². The zero-order chi connectivity index (χ0) is 12.0. The summed E-state index contributed by atoms with van der Waals surface area (Å²) >= 11 is 0. The number of anilines is 1. The summed E-state index contributed by atoms with van der Waals surface area (Å²) in [7, 11) is 1.92. The second kappa shape index (κ2) is 6.26. The van der Waals surface area contributed by atoms with Gasteiger partial charge in [-0.15, -0.1) is 0 Å². The number of benzene rings is 1. The lowest BCUT2D eigenvalue weighted by atomic mass is 10.2. The number of hydrogen-bond donors (Lipinski definition) is 0. The molecule has 0 fully saturated rings. The lowest BCUT2D eigenvalue weighted by molar-refractivity contribution is 0.112. The van der Waals surface area contributed by atoms with Crippen LogP contribution >= 0.6 is 0 Å². The molecular weight excluding hydrogens is 205 g/mol. The van der Waals surface area contributed by atoms with Crippen LogP contribution in [0.2, 0.25) is 0 Å². The molecule has 0 unspecified atom stereocenters. The standard InChI is InChI=1S/C13H18FNO/c1-3-4-5-6-15(2)13-8-11(10-16)7-12(14)9-13/h7-10H,3-6H2,1-2H3. The summed E-state index contributed by atoms with van der Waals surface area (Å²) in [4.78, 5) is 12.6. The van der Waals surface area contributed by atoms with E-state index in [2.05, 4.69) is 6.92 Å². The predicted octanol–water partition coefficient (Wildman–Crippen LogP) is 3.26. The zero-order valence-corrected chi connectivity index (χ0v) is 9.87. The van der Waals surface area contributed by atoms with E-state index in [1.54, 1.807) is 6.07 Å². The number of hydrogen-bond acceptors (Lipinski definition) is 2. The average Bonchev–Trinajstić information content (AvgIpc) is 2.28. The summed E-state index contributed by atoms with van der Waals surface area (Å²) in [6, 6.07) is 4.41. The van der Waals surface area contributed by atoms with Crippen molar-refractivity contribution in [1.29, 1.82) is 0 Å². The number of unbranched alkanes of at least 4 members (excludes halogenated alkanes) is 2. The third-order valence-corrected chi connectivity index (χ3v) is 2.58. The summed E-state index contributed by atoms with van der Waals surface area (Å²) in [6.45, 7) is 3.03. The SMILES string of the molecule is CCCCCN(C)c1cc(F)cc(C=O)c1. The quantitative estimate of drug-likeness (QED) is 0.545. The van der Waals surface area contributed by atoms with Gasteiger partial charge in [-0.05, 0) is 24.6 Å². The lowest BCUT2D eigenvalue weighted by Gasteiger charge is -2.19. The molecule has 0 N–H and O–H groups in total. The van der Waals surface area contributed by atoms with E-state index in [4.69, 9.17) is 0 Å². The van der Waals surface area contributed by atoms with Crippen molar-refractivity contribution in [2.45, 2.75) is 26.2 Å². The van der Waals surface area contributed by atoms with Crippen LogP contribution in [0.4, 0.5) is 10.1 Å². The predicted molar refractivity (Wildman–Crippen MR) is 64.6 cm³/mol. The molecule has 1 aromatic carbocycles. The molecule has 88 valence electrons. The van der Waals surface area contributed by atoms with Gasteiger partial charge in [0.15, 0.2) is 0 Å². The van der Waals surface area contributed by atoms with Crippen LogP contribution < -0.4 is 4.90 Å². The normalized spacial score (nSPS) is 10.2. The van der Waals surface area contributed by atoms with Crippen LogP contribution in [0, 0.1) is 5.82 Å². The van der Waals surface area contributed by atoms with Crippen molar-refractivity contribution in [3.63, 3.8) is 0 Å². The molecule has 0 saturated heterocycles. The maximum atomic E-state index is 13.2. The molecule has 0 bridgehead atoms. The molecule has 0 amide bonds. The molecule has 1 aromatic rings.